The van der Waals surface area contributed by atoms with Crippen LogP contribution in [0.2, 0.25) is 0 Å². The molecule has 7 nitrogen and oxygen atoms in total. The third-order valence-corrected chi connectivity index (χ3v) is 3.38. The topological polar surface area (TPSA) is 75.9 Å². The van der Waals surface area contributed by atoms with Crippen molar-refractivity contribution >= 4 is 18.3 Å². The van der Waals surface area contributed by atoms with E-state index in [0.717, 1.165) is 25.3 Å². The fourth-order valence-electron chi connectivity index (χ4n) is 2.34. The van der Waals surface area contributed by atoms with Gasteiger partial charge in [0, 0.05) is 31.2 Å². The van der Waals surface area contributed by atoms with Crippen molar-refractivity contribution in [1.82, 2.24) is 30.4 Å². The molecule has 0 spiro atoms. The van der Waals surface area contributed by atoms with Gasteiger partial charge in [-0.05, 0) is 41.6 Å². The Hall–Kier alpha value is -1.99. The molecular formula is C13H17ClN6O. The van der Waals surface area contributed by atoms with Crippen LogP contribution >= 0.6 is 12.4 Å². The van der Waals surface area contributed by atoms with E-state index in [1.165, 1.54) is 6.33 Å². The van der Waals surface area contributed by atoms with Crippen molar-refractivity contribution in [1.29, 1.82) is 0 Å². The summed E-state index contributed by atoms with van der Waals surface area (Å²) in [5.74, 6) is 0.0709. The predicted octanol–water partition coefficient (Wildman–Crippen LogP) is 0.518. The Morgan fingerprint density at radius 2 is 2.10 bits per heavy atom. The van der Waals surface area contributed by atoms with E-state index in [1.807, 2.05) is 29.2 Å². The average molecular weight is 309 g/mol. The smallest absolute Gasteiger partial charge is 0.253 e. The van der Waals surface area contributed by atoms with Gasteiger partial charge in [-0.25, -0.2) is 4.68 Å². The van der Waals surface area contributed by atoms with Crippen LogP contribution in [-0.4, -0.2) is 56.7 Å². The molecule has 1 saturated heterocycles. The number of nitrogens with zero attached hydrogens (tertiary/aromatic N) is 5. The zero-order chi connectivity index (χ0) is 13.9. The van der Waals surface area contributed by atoms with E-state index in [1.54, 1.807) is 4.68 Å². The van der Waals surface area contributed by atoms with Gasteiger partial charge in [-0.1, -0.05) is 0 Å². The molecule has 1 N–H and O–H groups in total. The van der Waals surface area contributed by atoms with Gasteiger partial charge in [-0.2, -0.15) is 0 Å². The van der Waals surface area contributed by atoms with Crippen LogP contribution < -0.4 is 5.32 Å². The molecule has 1 unspecified atom stereocenters. The minimum Gasteiger partial charge on any atom is -0.336 e. The molecule has 3 rings (SSSR count). The largest absolute Gasteiger partial charge is 0.336 e. The first kappa shape index (κ1) is 15.4. The minimum atomic E-state index is 0. The number of carbonyl (C=O) groups excluding carboxylic acids is 1. The Kier molecular flexibility index (Phi) is 4.87. The van der Waals surface area contributed by atoms with Crippen LogP contribution in [0.3, 0.4) is 0 Å². The lowest BCUT2D eigenvalue weighted by Gasteiger charge is -2.32. The maximum atomic E-state index is 12.4. The molecule has 1 atom stereocenters. The lowest BCUT2D eigenvalue weighted by Crippen LogP contribution is -2.51. The Bertz CT molecular complexity index is 585. The fraction of sp³-hybridized carbons (Fsp3) is 0.385. The second-order valence-electron chi connectivity index (χ2n) is 4.91. The maximum absolute atomic E-state index is 12.4. The van der Waals surface area contributed by atoms with E-state index >= 15 is 0 Å². The molecule has 1 fully saturated rings. The molecule has 1 aromatic heterocycles. The molecule has 112 valence electrons. The number of benzene rings is 1. The highest BCUT2D eigenvalue weighted by Gasteiger charge is 2.21. The Balaban J connectivity index is 0.00000161. The Labute approximate surface area is 128 Å². The molecule has 21 heavy (non-hydrogen) atoms. The first-order valence-corrected chi connectivity index (χ1v) is 6.60. The summed E-state index contributed by atoms with van der Waals surface area (Å²) >= 11 is 0. The van der Waals surface area contributed by atoms with E-state index in [4.69, 9.17) is 0 Å². The van der Waals surface area contributed by atoms with Gasteiger partial charge in [0.15, 0.2) is 0 Å². The number of piperazine rings is 1. The first-order chi connectivity index (χ1) is 9.74. The van der Waals surface area contributed by atoms with E-state index in [-0.39, 0.29) is 18.3 Å². The summed E-state index contributed by atoms with van der Waals surface area (Å²) in [5.41, 5.74) is 1.52. The van der Waals surface area contributed by atoms with E-state index in [2.05, 4.69) is 27.8 Å². The van der Waals surface area contributed by atoms with Crippen molar-refractivity contribution in [3.05, 3.63) is 36.2 Å². The van der Waals surface area contributed by atoms with Crippen molar-refractivity contribution in [2.45, 2.75) is 13.0 Å². The third-order valence-electron chi connectivity index (χ3n) is 3.38. The number of aromatic nitrogens is 4. The summed E-state index contributed by atoms with van der Waals surface area (Å²) in [6.07, 6.45) is 1.52. The van der Waals surface area contributed by atoms with Crippen LogP contribution in [0.25, 0.3) is 5.69 Å². The molecule has 1 amide bonds. The molecule has 1 aliphatic heterocycles. The van der Waals surface area contributed by atoms with Gasteiger partial charge in [0.05, 0.1) is 5.69 Å². The van der Waals surface area contributed by atoms with E-state index in [9.17, 15) is 4.79 Å². The summed E-state index contributed by atoms with van der Waals surface area (Å²) < 4.78 is 1.56. The van der Waals surface area contributed by atoms with Crippen molar-refractivity contribution in [3.8, 4) is 5.69 Å². The van der Waals surface area contributed by atoms with Crippen molar-refractivity contribution in [3.63, 3.8) is 0 Å². The standard InChI is InChI=1S/C13H16N6O.ClH/c1-10-8-18(7-6-14-10)13(20)11-2-4-12(5-3-11)19-9-15-16-17-19;/h2-5,9-10,14H,6-8H2,1H3;1H. The average Bonchev–Trinajstić information content (AvgIpc) is 3.01. The van der Waals surface area contributed by atoms with Crippen molar-refractivity contribution < 1.29 is 4.79 Å². The number of halogens is 1. The monoisotopic (exact) mass is 308 g/mol. The number of hydrogen-bond donors (Lipinski definition) is 1. The highest BCUT2D eigenvalue weighted by Crippen LogP contribution is 2.11. The second-order valence-corrected chi connectivity index (χ2v) is 4.91. The number of carbonyl (C=O) groups is 1. The summed E-state index contributed by atoms with van der Waals surface area (Å²) in [4.78, 5) is 14.3. The minimum absolute atomic E-state index is 0. The lowest BCUT2D eigenvalue weighted by atomic mass is 10.1. The van der Waals surface area contributed by atoms with E-state index in [0.29, 0.717) is 11.6 Å². The molecule has 8 heteroatoms. The number of rotatable bonds is 2. The molecule has 1 aromatic carbocycles. The van der Waals surface area contributed by atoms with Gasteiger partial charge < -0.3 is 10.2 Å². The van der Waals surface area contributed by atoms with Gasteiger partial charge in [0.2, 0.25) is 0 Å². The SMILES string of the molecule is CC1CN(C(=O)c2ccc(-n3cnnn3)cc2)CCN1.Cl. The molecule has 0 radical (unpaired) electrons. The quantitative estimate of drug-likeness (QED) is 0.875. The van der Waals surface area contributed by atoms with Crippen molar-refractivity contribution in [2.75, 3.05) is 19.6 Å². The van der Waals surface area contributed by atoms with Gasteiger partial charge in [-0.3, -0.25) is 4.79 Å². The lowest BCUT2D eigenvalue weighted by molar-refractivity contribution is 0.0709. The van der Waals surface area contributed by atoms with E-state index < -0.39 is 0 Å². The summed E-state index contributed by atoms with van der Waals surface area (Å²) in [5, 5.41) is 14.3. The van der Waals surface area contributed by atoms with Crippen LogP contribution in [0.1, 0.15) is 17.3 Å². The number of nitrogens with one attached hydrogen (secondary N) is 1. The van der Waals surface area contributed by atoms with Gasteiger partial charge in [0.1, 0.15) is 6.33 Å². The molecule has 0 saturated carbocycles. The Morgan fingerprint density at radius 3 is 2.71 bits per heavy atom. The van der Waals surface area contributed by atoms with Gasteiger partial charge in [-0.15, -0.1) is 17.5 Å². The van der Waals surface area contributed by atoms with Gasteiger partial charge in [0.25, 0.3) is 5.91 Å². The van der Waals surface area contributed by atoms with Crippen LogP contribution in [0.5, 0.6) is 0 Å². The zero-order valence-corrected chi connectivity index (χ0v) is 12.5. The second kappa shape index (κ2) is 6.64. The summed E-state index contributed by atoms with van der Waals surface area (Å²) in [7, 11) is 0. The molecular weight excluding hydrogens is 292 g/mol. The highest BCUT2D eigenvalue weighted by molar-refractivity contribution is 5.94. The maximum Gasteiger partial charge on any atom is 0.253 e. The van der Waals surface area contributed by atoms with Crippen LogP contribution in [-0.2, 0) is 0 Å². The van der Waals surface area contributed by atoms with Crippen LogP contribution in [0.15, 0.2) is 30.6 Å². The fourth-order valence-corrected chi connectivity index (χ4v) is 2.34. The molecule has 2 heterocycles. The summed E-state index contributed by atoms with van der Waals surface area (Å²) in [6.45, 7) is 4.42. The van der Waals surface area contributed by atoms with Crippen LogP contribution in [0.4, 0.5) is 0 Å². The first-order valence-electron chi connectivity index (χ1n) is 6.60. The molecule has 2 aromatic rings. The Morgan fingerprint density at radius 1 is 1.33 bits per heavy atom. The zero-order valence-electron chi connectivity index (χ0n) is 11.6. The number of hydrogen-bond acceptors (Lipinski definition) is 5. The number of amides is 1. The highest BCUT2D eigenvalue weighted by atomic mass is 35.5. The van der Waals surface area contributed by atoms with Gasteiger partial charge >= 0.3 is 0 Å². The summed E-state index contributed by atoms with van der Waals surface area (Å²) in [6, 6.07) is 7.65. The predicted molar refractivity (Wildman–Crippen MR) is 79.8 cm³/mol. The molecule has 0 aliphatic carbocycles. The van der Waals surface area contributed by atoms with Crippen LogP contribution in [0, 0.1) is 0 Å². The van der Waals surface area contributed by atoms with Crippen molar-refractivity contribution in [2.24, 2.45) is 0 Å². The molecule has 0 bridgehead atoms. The number of tetrazole rings is 1. The normalized spacial score (nSPS) is 18.1. The molecule has 1 aliphatic rings. The third kappa shape index (κ3) is 3.37.